The monoisotopic (exact) mass is 388 g/mol. The maximum absolute atomic E-state index is 12.7. The van der Waals surface area contributed by atoms with Gasteiger partial charge in [0, 0.05) is 27.6 Å². The normalized spacial score (nSPS) is 20.3. The minimum Gasteiger partial charge on any atom is -0.326 e. The standard InChI is InChI=1S/C21H28N2OS2/c1-13(2)16-5-7-17(8-6-16)20(24)23-19-10-9-18(11-14(19)3)26-21-22-15(4)12-25-21/h9-13,16-17H,5-8H2,1-4H3,(H,23,24). The summed E-state index contributed by atoms with van der Waals surface area (Å²) in [6, 6.07) is 6.22. The molecule has 1 fully saturated rings. The van der Waals surface area contributed by atoms with E-state index in [0.29, 0.717) is 0 Å². The highest BCUT2D eigenvalue weighted by Gasteiger charge is 2.27. The molecule has 1 aromatic carbocycles. The lowest BCUT2D eigenvalue weighted by atomic mass is 9.76. The number of amides is 1. The van der Waals surface area contributed by atoms with Gasteiger partial charge < -0.3 is 5.32 Å². The highest BCUT2D eigenvalue weighted by Crippen LogP contribution is 2.35. The van der Waals surface area contributed by atoms with Crippen molar-refractivity contribution in [3.8, 4) is 0 Å². The van der Waals surface area contributed by atoms with Gasteiger partial charge in [0.15, 0.2) is 4.34 Å². The summed E-state index contributed by atoms with van der Waals surface area (Å²) in [7, 11) is 0. The van der Waals surface area contributed by atoms with Crippen molar-refractivity contribution in [1.29, 1.82) is 0 Å². The molecule has 2 aromatic rings. The predicted octanol–water partition coefficient (Wildman–Crippen LogP) is 6.31. The van der Waals surface area contributed by atoms with Crippen LogP contribution < -0.4 is 5.32 Å². The Kier molecular flexibility index (Phi) is 6.41. The topological polar surface area (TPSA) is 42.0 Å². The molecule has 1 saturated carbocycles. The van der Waals surface area contributed by atoms with Gasteiger partial charge in [0.1, 0.15) is 0 Å². The van der Waals surface area contributed by atoms with Crippen molar-refractivity contribution in [2.45, 2.75) is 62.6 Å². The molecule has 0 spiro atoms. The zero-order valence-electron chi connectivity index (χ0n) is 16.0. The Balaban J connectivity index is 1.58. The van der Waals surface area contributed by atoms with Crippen LogP contribution in [0.15, 0.2) is 32.8 Å². The molecule has 140 valence electrons. The number of benzene rings is 1. The number of aromatic nitrogens is 1. The van der Waals surface area contributed by atoms with Crippen LogP contribution in [-0.2, 0) is 4.79 Å². The van der Waals surface area contributed by atoms with Crippen LogP contribution in [0.5, 0.6) is 0 Å². The van der Waals surface area contributed by atoms with E-state index >= 15 is 0 Å². The second-order valence-electron chi connectivity index (χ2n) is 7.68. The molecule has 0 atom stereocenters. The number of carbonyl (C=O) groups excluding carboxylic acids is 1. The number of hydrogen-bond acceptors (Lipinski definition) is 4. The second kappa shape index (κ2) is 8.57. The molecule has 1 aliphatic rings. The lowest BCUT2D eigenvalue weighted by Gasteiger charge is -2.30. The van der Waals surface area contributed by atoms with Crippen LogP contribution in [0.2, 0.25) is 0 Å². The Morgan fingerprint density at radius 3 is 2.54 bits per heavy atom. The average Bonchev–Trinajstić information content (AvgIpc) is 3.02. The first-order chi connectivity index (χ1) is 12.4. The molecule has 0 saturated heterocycles. The molecule has 0 aliphatic heterocycles. The van der Waals surface area contributed by atoms with Gasteiger partial charge in [-0.15, -0.1) is 11.3 Å². The van der Waals surface area contributed by atoms with Gasteiger partial charge in [-0.1, -0.05) is 25.6 Å². The number of hydrogen-bond donors (Lipinski definition) is 1. The Morgan fingerprint density at radius 1 is 1.23 bits per heavy atom. The first-order valence-electron chi connectivity index (χ1n) is 9.44. The number of carbonyl (C=O) groups is 1. The Morgan fingerprint density at radius 2 is 1.96 bits per heavy atom. The highest BCUT2D eigenvalue weighted by atomic mass is 32.2. The molecule has 0 unspecified atom stereocenters. The van der Waals surface area contributed by atoms with Crippen molar-refractivity contribution < 1.29 is 4.79 Å². The molecular formula is C21H28N2OS2. The van der Waals surface area contributed by atoms with E-state index in [1.807, 2.05) is 13.0 Å². The zero-order valence-corrected chi connectivity index (χ0v) is 17.7. The van der Waals surface area contributed by atoms with Crippen LogP contribution >= 0.6 is 23.1 Å². The quantitative estimate of drug-likeness (QED) is 0.652. The van der Waals surface area contributed by atoms with E-state index in [1.54, 1.807) is 23.1 Å². The van der Waals surface area contributed by atoms with Gasteiger partial charge in [0.25, 0.3) is 0 Å². The third kappa shape index (κ3) is 4.89. The van der Waals surface area contributed by atoms with Crippen LogP contribution in [0.3, 0.4) is 0 Å². The summed E-state index contributed by atoms with van der Waals surface area (Å²) in [5.41, 5.74) is 3.10. The average molecular weight is 389 g/mol. The molecule has 3 rings (SSSR count). The number of nitrogens with zero attached hydrogens (tertiary/aromatic N) is 1. The minimum absolute atomic E-state index is 0.164. The maximum atomic E-state index is 12.7. The number of rotatable bonds is 5. The van der Waals surface area contributed by atoms with Gasteiger partial charge in [-0.2, -0.15) is 0 Å². The van der Waals surface area contributed by atoms with Crippen LogP contribution in [0.4, 0.5) is 5.69 Å². The number of aryl methyl sites for hydroxylation is 2. The summed E-state index contributed by atoms with van der Waals surface area (Å²) < 4.78 is 1.06. The predicted molar refractivity (Wildman–Crippen MR) is 111 cm³/mol. The summed E-state index contributed by atoms with van der Waals surface area (Å²) in [6.45, 7) is 8.66. The van der Waals surface area contributed by atoms with Crippen LogP contribution in [0.25, 0.3) is 0 Å². The van der Waals surface area contributed by atoms with Crippen molar-refractivity contribution in [1.82, 2.24) is 4.98 Å². The summed E-state index contributed by atoms with van der Waals surface area (Å²) in [6.07, 6.45) is 4.39. The fourth-order valence-corrected chi connectivity index (χ4v) is 5.51. The van der Waals surface area contributed by atoms with E-state index in [2.05, 4.69) is 48.6 Å². The molecular weight excluding hydrogens is 360 g/mol. The lowest BCUT2D eigenvalue weighted by Crippen LogP contribution is -2.28. The third-order valence-corrected chi connectivity index (χ3v) is 7.39. The first-order valence-corrected chi connectivity index (χ1v) is 11.1. The van der Waals surface area contributed by atoms with Gasteiger partial charge in [-0.05, 0) is 75.1 Å². The molecule has 1 heterocycles. The number of anilines is 1. The molecule has 1 N–H and O–H groups in total. The molecule has 1 aliphatic carbocycles. The largest absolute Gasteiger partial charge is 0.326 e. The van der Waals surface area contributed by atoms with Crippen molar-refractivity contribution in [3.05, 3.63) is 34.8 Å². The number of thiazole rings is 1. The van der Waals surface area contributed by atoms with Gasteiger partial charge in [-0.3, -0.25) is 4.79 Å². The Bertz CT molecular complexity index is 761. The smallest absolute Gasteiger partial charge is 0.227 e. The SMILES string of the molecule is Cc1csc(Sc2ccc(NC(=O)C3CCC(C(C)C)CC3)c(C)c2)n1. The van der Waals surface area contributed by atoms with E-state index in [1.165, 1.54) is 12.8 Å². The van der Waals surface area contributed by atoms with Crippen LogP contribution in [-0.4, -0.2) is 10.9 Å². The Labute approximate surface area is 165 Å². The van der Waals surface area contributed by atoms with Gasteiger partial charge in [-0.25, -0.2) is 4.98 Å². The summed E-state index contributed by atoms with van der Waals surface area (Å²) >= 11 is 3.34. The Hall–Kier alpha value is -1.33. The van der Waals surface area contributed by atoms with Crippen molar-refractivity contribution in [2.75, 3.05) is 5.32 Å². The second-order valence-corrected chi connectivity index (χ2v) is 9.86. The van der Waals surface area contributed by atoms with E-state index in [-0.39, 0.29) is 11.8 Å². The molecule has 26 heavy (non-hydrogen) atoms. The molecule has 0 radical (unpaired) electrons. The minimum atomic E-state index is 0.164. The van der Waals surface area contributed by atoms with Crippen molar-refractivity contribution in [2.24, 2.45) is 17.8 Å². The van der Waals surface area contributed by atoms with E-state index in [9.17, 15) is 4.79 Å². The molecule has 1 aromatic heterocycles. The van der Waals surface area contributed by atoms with E-state index < -0.39 is 0 Å². The van der Waals surface area contributed by atoms with Gasteiger partial charge >= 0.3 is 0 Å². The van der Waals surface area contributed by atoms with Gasteiger partial charge in [0.2, 0.25) is 5.91 Å². The number of nitrogens with one attached hydrogen (secondary N) is 1. The van der Waals surface area contributed by atoms with Crippen LogP contribution in [0, 0.1) is 31.6 Å². The summed E-state index contributed by atoms with van der Waals surface area (Å²) in [5.74, 6) is 1.86. The van der Waals surface area contributed by atoms with E-state index in [0.717, 1.165) is 50.9 Å². The zero-order chi connectivity index (χ0) is 18.7. The fourth-order valence-electron chi connectivity index (χ4n) is 3.60. The molecule has 0 bridgehead atoms. The third-order valence-electron chi connectivity index (χ3n) is 5.34. The van der Waals surface area contributed by atoms with Crippen molar-refractivity contribution in [3.63, 3.8) is 0 Å². The molecule has 1 amide bonds. The fraction of sp³-hybridized carbons (Fsp3) is 0.524. The molecule has 3 nitrogen and oxygen atoms in total. The summed E-state index contributed by atoms with van der Waals surface area (Å²) in [4.78, 5) is 18.3. The summed E-state index contributed by atoms with van der Waals surface area (Å²) in [5, 5.41) is 5.23. The first kappa shape index (κ1) is 19.4. The van der Waals surface area contributed by atoms with Gasteiger partial charge in [0.05, 0.1) is 0 Å². The van der Waals surface area contributed by atoms with Crippen LogP contribution in [0.1, 0.15) is 50.8 Å². The maximum Gasteiger partial charge on any atom is 0.227 e. The lowest BCUT2D eigenvalue weighted by molar-refractivity contribution is -0.121. The molecule has 5 heteroatoms. The highest BCUT2D eigenvalue weighted by molar-refractivity contribution is 8.01. The van der Waals surface area contributed by atoms with E-state index in [4.69, 9.17) is 0 Å². The van der Waals surface area contributed by atoms with Crippen molar-refractivity contribution >= 4 is 34.7 Å².